The Labute approximate surface area is 135 Å². The average Bonchev–Trinajstić information content (AvgIpc) is 2.83. The molecule has 1 atom stereocenters. The van der Waals surface area contributed by atoms with Crippen LogP contribution >= 0.6 is 0 Å². The summed E-state index contributed by atoms with van der Waals surface area (Å²) in [5.74, 6) is -0.0515. The average molecular weight is 319 g/mol. The van der Waals surface area contributed by atoms with Gasteiger partial charge in [-0.1, -0.05) is 26.8 Å². The molecule has 2 aromatic rings. The summed E-state index contributed by atoms with van der Waals surface area (Å²) in [4.78, 5) is 28.4. The SMILES string of the molecule is CC(C)(C)C(O)CNC(=O)CCCc1ccc2[nH]c(=O)[nH]c2c1. The van der Waals surface area contributed by atoms with Gasteiger partial charge < -0.3 is 20.4 Å². The Bertz CT molecular complexity index is 724. The summed E-state index contributed by atoms with van der Waals surface area (Å²) in [6.07, 6.45) is 1.34. The molecule has 6 nitrogen and oxygen atoms in total. The van der Waals surface area contributed by atoms with E-state index >= 15 is 0 Å². The van der Waals surface area contributed by atoms with Gasteiger partial charge in [-0.25, -0.2) is 4.79 Å². The molecule has 0 aliphatic heterocycles. The summed E-state index contributed by atoms with van der Waals surface area (Å²) >= 11 is 0. The molecule has 0 aliphatic rings. The van der Waals surface area contributed by atoms with Crippen LogP contribution in [0.1, 0.15) is 39.2 Å². The quantitative estimate of drug-likeness (QED) is 0.652. The molecule has 6 heteroatoms. The zero-order valence-electron chi connectivity index (χ0n) is 13.9. The molecule has 0 fully saturated rings. The number of amides is 1. The summed E-state index contributed by atoms with van der Waals surface area (Å²) in [6, 6.07) is 5.74. The lowest BCUT2D eigenvalue weighted by atomic mass is 9.89. The second-order valence-corrected chi connectivity index (χ2v) is 7.00. The number of fused-ring (bicyclic) bond motifs is 1. The second kappa shape index (κ2) is 7.00. The van der Waals surface area contributed by atoms with Crippen molar-refractivity contribution in [3.63, 3.8) is 0 Å². The number of aromatic amines is 2. The van der Waals surface area contributed by atoms with Crippen molar-refractivity contribution in [2.75, 3.05) is 6.54 Å². The monoisotopic (exact) mass is 319 g/mol. The minimum Gasteiger partial charge on any atom is -0.391 e. The van der Waals surface area contributed by atoms with Gasteiger partial charge in [-0.15, -0.1) is 0 Å². The first kappa shape index (κ1) is 17.3. The van der Waals surface area contributed by atoms with Crippen LogP contribution in [0.3, 0.4) is 0 Å². The lowest BCUT2D eigenvalue weighted by molar-refractivity contribution is -0.122. The number of aromatic nitrogens is 2. The van der Waals surface area contributed by atoms with E-state index < -0.39 is 6.10 Å². The third-order valence-corrected chi connectivity index (χ3v) is 3.94. The van der Waals surface area contributed by atoms with Crippen LogP contribution in [0.15, 0.2) is 23.0 Å². The maximum Gasteiger partial charge on any atom is 0.323 e. The zero-order valence-corrected chi connectivity index (χ0v) is 13.9. The molecular formula is C17H25N3O3. The predicted molar refractivity (Wildman–Crippen MR) is 90.3 cm³/mol. The van der Waals surface area contributed by atoms with Crippen LogP contribution in [0.4, 0.5) is 0 Å². The van der Waals surface area contributed by atoms with E-state index in [1.165, 1.54) is 0 Å². The van der Waals surface area contributed by atoms with E-state index in [2.05, 4.69) is 15.3 Å². The maximum atomic E-state index is 11.8. The lowest BCUT2D eigenvalue weighted by Crippen LogP contribution is -2.39. The van der Waals surface area contributed by atoms with E-state index in [9.17, 15) is 14.7 Å². The van der Waals surface area contributed by atoms with Crippen LogP contribution in [0, 0.1) is 5.41 Å². The van der Waals surface area contributed by atoms with Crippen LogP contribution in [0.5, 0.6) is 0 Å². The minimum atomic E-state index is -0.556. The van der Waals surface area contributed by atoms with Gasteiger partial charge in [0.2, 0.25) is 5.91 Å². The van der Waals surface area contributed by atoms with Crippen molar-refractivity contribution in [3.05, 3.63) is 34.2 Å². The molecule has 0 aliphatic carbocycles. The molecule has 0 radical (unpaired) electrons. The van der Waals surface area contributed by atoms with E-state index in [-0.39, 0.29) is 23.6 Å². The molecule has 2 rings (SSSR count). The van der Waals surface area contributed by atoms with Crippen LogP contribution in [0.2, 0.25) is 0 Å². The summed E-state index contributed by atoms with van der Waals surface area (Å²) in [5, 5.41) is 12.7. The van der Waals surface area contributed by atoms with Gasteiger partial charge in [0.15, 0.2) is 0 Å². The van der Waals surface area contributed by atoms with Gasteiger partial charge >= 0.3 is 5.69 Å². The first-order chi connectivity index (χ1) is 10.8. The highest BCUT2D eigenvalue weighted by atomic mass is 16.3. The highest BCUT2D eigenvalue weighted by molar-refractivity contribution is 5.76. The summed E-state index contributed by atoms with van der Waals surface area (Å²) in [6.45, 7) is 6.08. The van der Waals surface area contributed by atoms with Gasteiger partial charge in [-0.3, -0.25) is 4.79 Å². The van der Waals surface area contributed by atoms with Crippen molar-refractivity contribution in [2.45, 2.75) is 46.1 Å². The first-order valence-corrected chi connectivity index (χ1v) is 7.91. The number of H-pyrrole nitrogens is 2. The smallest absolute Gasteiger partial charge is 0.323 e. The van der Waals surface area contributed by atoms with Gasteiger partial charge in [0.1, 0.15) is 0 Å². The third-order valence-electron chi connectivity index (χ3n) is 3.94. The van der Waals surface area contributed by atoms with E-state index in [4.69, 9.17) is 0 Å². The molecule has 126 valence electrons. The summed E-state index contributed by atoms with van der Waals surface area (Å²) in [5.41, 5.74) is 2.19. The molecule has 0 saturated heterocycles. The van der Waals surface area contributed by atoms with Crippen molar-refractivity contribution in [1.82, 2.24) is 15.3 Å². The van der Waals surface area contributed by atoms with Crippen LogP contribution in [-0.2, 0) is 11.2 Å². The van der Waals surface area contributed by atoms with E-state index in [1.54, 1.807) is 0 Å². The Kier molecular flexibility index (Phi) is 5.26. The predicted octanol–water partition coefficient (Wildman–Crippen LogP) is 1.70. The minimum absolute atomic E-state index is 0.0515. The van der Waals surface area contributed by atoms with Crippen LogP contribution < -0.4 is 11.0 Å². The van der Waals surface area contributed by atoms with E-state index in [0.717, 1.165) is 29.4 Å². The molecule has 4 N–H and O–H groups in total. The van der Waals surface area contributed by atoms with Crippen molar-refractivity contribution in [3.8, 4) is 0 Å². The van der Waals surface area contributed by atoms with Crippen LogP contribution in [0.25, 0.3) is 11.0 Å². The molecule has 1 amide bonds. The molecule has 0 saturated carbocycles. The molecule has 1 aromatic carbocycles. The van der Waals surface area contributed by atoms with Gasteiger partial charge in [-0.2, -0.15) is 0 Å². The number of nitrogens with one attached hydrogen (secondary N) is 3. The Morgan fingerprint density at radius 2 is 1.96 bits per heavy atom. The van der Waals surface area contributed by atoms with E-state index in [0.29, 0.717) is 6.42 Å². The summed E-state index contributed by atoms with van der Waals surface area (Å²) in [7, 11) is 0. The fraction of sp³-hybridized carbons (Fsp3) is 0.529. The number of aliphatic hydroxyl groups is 1. The number of carbonyl (C=O) groups excluding carboxylic acids is 1. The maximum absolute atomic E-state index is 11.8. The second-order valence-electron chi connectivity index (χ2n) is 7.00. The number of benzene rings is 1. The molecule has 0 bridgehead atoms. The Morgan fingerprint density at radius 1 is 1.26 bits per heavy atom. The Balaban J connectivity index is 1.77. The highest BCUT2D eigenvalue weighted by Crippen LogP contribution is 2.18. The Morgan fingerprint density at radius 3 is 2.65 bits per heavy atom. The zero-order chi connectivity index (χ0) is 17.0. The van der Waals surface area contributed by atoms with Crippen molar-refractivity contribution < 1.29 is 9.90 Å². The molecule has 1 heterocycles. The number of hydrogen-bond donors (Lipinski definition) is 4. The first-order valence-electron chi connectivity index (χ1n) is 7.91. The van der Waals surface area contributed by atoms with Crippen molar-refractivity contribution in [1.29, 1.82) is 0 Å². The third kappa shape index (κ3) is 4.96. The topological polar surface area (TPSA) is 98.0 Å². The molecule has 1 unspecified atom stereocenters. The lowest BCUT2D eigenvalue weighted by Gasteiger charge is -2.25. The van der Waals surface area contributed by atoms with Gasteiger partial charge in [0.25, 0.3) is 0 Å². The number of imidazole rings is 1. The van der Waals surface area contributed by atoms with Crippen molar-refractivity contribution >= 4 is 16.9 Å². The molecule has 23 heavy (non-hydrogen) atoms. The molecular weight excluding hydrogens is 294 g/mol. The highest BCUT2D eigenvalue weighted by Gasteiger charge is 2.22. The number of aryl methyl sites for hydroxylation is 1. The number of rotatable bonds is 6. The number of carbonyl (C=O) groups is 1. The van der Waals surface area contributed by atoms with Gasteiger partial charge in [0.05, 0.1) is 17.1 Å². The van der Waals surface area contributed by atoms with Crippen molar-refractivity contribution in [2.24, 2.45) is 5.41 Å². The largest absolute Gasteiger partial charge is 0.391 e. The fourth-order valence-electron chi connectivity index (χ4n) is 2.29. The number of aliphatic hydroxyl groups excluding tert-OH is 1. The fourth-order valence-corrected chi connectivity index (χ4v) is 2.29. The normalized spacial score (nSPS) is 13.2. The molecule has 0 spiro atoms. The van der Waals surface area contributed by atoms with Crippen LogP contribution in [-0.4, -0.2) is 33.6 Å². The molecule has 1 aromatic heterocycles. The Hall–Kier alpha value is -2.08. The number of hydrogen-bond acceptors (Lipinski definition) is 3. The standard InChI is InChI=1S/C17H25N3O3/c1-17(2,3)14(21)10-18-15(22)6-4-5-11-7-8-12-13(9-11)20-16(23)19-12/h7-9,14,21H,4-6,10H2,1-3H3,(H,18,22)(H2,19,20,23). The summed E-state index contributed by atoms with van der Waals surface area (Å²) < 4.78 is 0. The van der Waals surface area contributed by atoms with Gasteiger partial charge in [-0.05, 0) is 36.0 Å². The van der Waals surface area contributed by atoms with Gasteiger partial charge in [0, 0.05) is 13.0 Å². The van der Waals surface area contributed by atoms with E-state index in [1.807, 2.05) is 39.0 Å².